The van der Waals surface area contributed by atoms with Crippen LogP contribution in [0.2, 0.25) is 0 Å². The average Bonchev–Trinajstić information content (AvgIpc) is 2.42. The number of para-hydroxylation sites is 1. The third-order valence-corrected chi connectivity index (χ3v) is 3.51. The number of thiocarbonyl (C=S) groups is 1. The van der Waals surface area contributed by atoms with Crippen LogP contribution < -0.4 is 11.1 Å². The van der Waals surface area contributed by atoms with Gasteiger partial charge in [0.1, 0.15) is 4.99 Å². The summed E-state index contributed by atoms with van der Waals surface area (Å²) in [5.41, 5.74) is 9.67. The normalized spacial score (nSPS) is 10.1. The quantitative estimate of drug-likeness (QED) is 0.851. The molecule has 0 atom stereocenters. The summed E-state index contributed by atoms with van der Waals surface area (Å²) in [4.78, 5) is 12.6. The topological polar surface area (TPSA) is 55.1 Å². The van der Waals surface area contributed by atoms with Crippen LogP contribution in [0.1, 0.15) is 27.0 Å². The molecular formula is C16H16N2OS. The van der Waals surface area contributed by atoms with Crippen molar-refractivity contribution >= 4 is 28.8 Å². The van der Waals surface area contributed by atoms with E-state index in [1.807, 2.05) is 38.1 Å². The van der Waals surface area contributed by atoms with Crippen LogP contribution in [0, 0.1) is 13.8 Å². The molecule has 3 N–H and O–H groups in total. The highest BCUT2D eigenvalue weighted by Crippen LogP contribution is 2.18. The molecule has 0 saturated carbocycles. The predicted octanol–water partition coefficient (Wildman–Crippen LogP) is 3.19. The van der Waals surface area contributed by atoms with E-state index in [1.54, 1.807) is 18.2 Å². The summed E-state index contributed by atoms with van der Waals surface area (Å²) >= 11 is 4.99. The zero-order valence-electron chi connectivity index (χ0n) is 11.4. The first-order valence-electron chi connectivity index (χ1n) is 6.27. The van der Waals surface area contributed by atoms with E-state index in [-0.39, 0.29) is 10.9 Å². The first kappa shape index (κ1) is 14.2. The Morgan fingerprint density at radius 2 is 1.70 bits per heavy atom. The molecule has 2 aromatic rings. The summed E-state index contributed by atoms with van der Waals surface area (Å²) in [7, 11) is 0. The van der Waals surface area contributed by atoms with Crippen LogP contribution in [-0.2, 0) is 0 Å². The molecule has 0 aliphatic carbocycles. The molecule has 2 rings (SSSR count). The highest BCUT2D eigenvalue weighted by Gasteiger charge is 2.12. The van der Waals surface area contributed by atoms with E-state index in [0.717, 1.165) is 11.1 Å². The van der Waals surface area contributed by atoms with E-state index in [4.69, 9.17) is 18.0 Å². The lowest BCUT2D eigenvalue weighted by molar-refractivity contribution is 0.102. The fraction of sp³-hybridized carbons (Fsp3) is 0.125. The van der Waals surface area contributed by atoms with Gasteiger partial charge in [-0.15, -0.1) is 0 Å². The number of nitrogens with one attached hydrogen (secondary N) is 1. The van der Waals surface area contributed by atoms with Crippen LogP contribution in [0.15, 0.2) is 42.5 Å². The summed E-state index contributed by atoms with van der Waals surface area (Å²) in [5.74, 6) is -0.157. The van der Waals surface area contributed by atoms with Crippen LogP contribution in [0.4, 0.5) is 5.69 Å². The molecule has 1 amide bonds. The number of carbonyl (C=O) groups excluding carboxylic acids is 1. The van der Waals surface area contributed by atoms with Crippen LogP contribution in [0.25, 0.3) is 0 Å². The molecule has 0 aromatic heterocycles. The number of rotatable bonds is 3. The molecule has 4 heteroatoms. The molecule has 0 radical (unpaired) electrons. The van der Waals surface area contributed by atoms with Gasteiger partial charge in [0.05, 0.1) is 5.69 Å². The summed E-state index contributed by atoms with van der Waals surface area (Å²) < 4.78 is 0. The SMILES string of the molecule is Cc1cccc(C(=O)Nc2ccccc2C(N)=S)c1C. The van der Waals surface area contributed by atoms with Crippen molar-refractivity contribution in [2.45, 2.75) is 13.8 Å². The van der Waals surface area contributed by atoms with Gasteiger partial charge in [0.15, 0.2) is 0 Å². The molecule has 0 fully saturated rings. The van der Waals surface area contributed by atoms with Gasteiger partial charge in [0.25, 0.3) is 5.91 Å². The van der Waals surface area contributed by atoms with Gasteiger partial charge in [0, 0.05) is 11.1 Å². The van der Waals surface area contributed by atoms with Crippen LogP contribution in [0.5, 0.6) is 0 Å². The molecule has 0 saturated heterocycles. The number of aryl methyl sites for hydroxylation is 1. The number of hydrogen-bond donors (Lipinski definition) is 2. The van der Waals surface area contributed by atoms with Crippen molar-refractivity contribution in [3.8, 4) is 0 Å². The average molecular weight is 284 g/mol. The number of nitrogens with two attached hydrogens (primary N) is 1. The standard InChI is InChI=1S/C16H16N2OS/c1-10-6-5-8-12(11(10)2)16(19)18-14-9-4-3-7-13(14)15(17)20/h3-9H,1-2H3,(H2,17,20)(H,18,19). The van der Waals surface area contributed by atoms with Gasteiger partial charge in [-0.3, -0.25) is 4.79 Å². The molecule has 0 spiro atoms. The molecule has 20 heavy (non-hydrogen) atoms. The number of hydrogen-bond acceptors (Lipinski definition) is 2. The lowest BCUT2D eigenvalue weighted by Crippen LogP contribution is -2.18. The molecule has 0 heterocycles. The fourth-order valence-corrected chi connectivity index (χ4v) is 2.17. The third-order valence-electron chi connectivity index (χ3n) is 3.29. The largest absolute Gasteiger partial charge is 0.389 e. The molecular weight excluding hydrogens is 268 g/mol. The molecule has 0 bridgehead atoms. The van der Waals surface area contributed by atoms with Crippen molar-refractivity contribution in [2.75, 3.05) is 5.32 Å². The Morgan fingerprint density at radius 1 is 1.05 bits per heavy atom. The maximum absolute atomic E-state index is 12.4. The smallest absolute Gasteiger partial charge is 0.255 e. The van der Waals surface area contributed by atoms with Gasteiger partial charge in [-0.2, -0.15) is 0 Å². The van der Waals surface area contributed by atoms with E-state index in [2.05, 4.69) is 5.32 Å². The van der Waals surface area contributed by atoms with Gasteiger partial charge in [0.2, 0.25) is 0 Å². The van der Waals surface area contributed by atoms with Crippen LogP contribution in [-0.4, -0.2) is 10.9 Å². The van der Waals surface area contributed by atoms with Crippen molar-refractivity contribution in [1.29, 1.82) is 0 Å². The lowest BCUT2D eigenvalue weighted by atomic mass is 10.0. The molecule has 2 aromatic carbocycles. The van der Waals surface area contributed by atoms with E-state index >= 15 is 0 Å². The van der Waals surface area contributed by atoms with Crippen LogP contribution >= 0.6 is 12.2 Å². The Kier molecular flexibility index (Phi) is 4.15. The second-order valence-electron chi connectivity index (χ2n) is 4.61. The van der Waals surface area contributed by atoms with Crippen LogP contribution in [0.3, 0.4) is 0 Å². The summed E-state index contributed by atoms with van der Waals surface area (Å²) in [5, 5.41) is 2.87. The molecule has 0 aliphatic heterocycles. The number of benzene rings is 2. The van der Waals surface area contributed by atoms with E-state index < -0.39 is 0 Å². The maximum Gasteiger partial charge on any atom is 0.255 e. The zero-order valence-corrected chi connectivity index (χ0v) is 12.3. The van der Waals surface area contributed by atoms with Crippen molar-refractivity contribution in [3.63, 3.8) is 0 Å². The fourth-order valence-electron chi connectivity index (χ4n) is 1.99. The highest BCUT2D eigenvalue weighted by atomic mass is 32.1. The predicted molar refractivity (Wildman–Crippen MR) is 86.2 cm³/mol. The Labute approximate surface area is 123 Å². The van der Waals surface area contributed by atoms with Gasteiger partial charge < -0.3 is 11.1 Å². The summed E-state index contributed by atoms with van der Waals surface area (Å²) in [6, 6.07) is 12.9. The monoisotopic (exact) mass is 284 g/mol. The minimum atomic E-state index is -0.157. The van der Waals surface area contributed by atoms with E-state index in [0.29, 0.717) is 16.8 Å². The second kappa shape index (κ2) is 5.84. The van der Waals surface area contributed by atoms with Crippen molar-refractivity contribution in [2.24, 2.45) is 5.73 Å². The van der Waals surface area contributed by atoms with Crippen molar-refractivity contribution in [3.05, 3.63) is 64.7 Å². The number of carbonyl (C=O) groups is 1. The van der Waals surface area contributed by atoms with E-state index in [1.165, 1.54) is 0 Å². The Balaban J connectivity index is 2.33. The third kappa shape index (κ3) is 2.86. The minimum absolute atomic E-state index is 0.157. The van der Waals surface area contributed by atoms with Gasteiger partial charge >= 0.3 is 0 Å². The first-order chi connectivity index (χ1) is 9.50. The minimum Gasteiger partial charge on any atom is -0.389 e. The second-order valence-corrected chi connectivity index (χ2v) is 5.05. The number of amides is 1. The van der Waals surface area contributed by atoms with Gasteiger partial charge in [-0.25, -0.2) is 0 Å². The molecule has 102 valence electrons. The maximum atomic E-state index is 12.4. The molecule has 0 aliphatic rings. The van der Waals surface area contributed by atoms with Crippen molar-refractivity contribution in [1.82, 2.24) is 0 Å². The Bertz CT molecular complexity index is 680. The number of anilines is 1. The molecule has 0 unspecified atom stereocenters. The molecule has 3 nitrogen and oxygen atoms in total. The highest BCUT2D eigenvalue weighted by molar-refractivity contribution is 7.80. The Morgan fingerprint density at radius 3 is 2.40 bits per heavy atom. The zero-order chi connectivity index (χ0) is 14.7. The van der Waals surface area contributed by atoms with E-state index in [9.17, 15) is 4.79 Å². The summed E-state index contributed by atoms with van der Waals surface area (Å²) in [6.45, 7) is 3.92. The van der Waals surface area contributed by atoms with Gasteiger partial charge in [-0.05, 0) is 43.2 Å². The van der Waals surface area contributed by atoms with Crippen molar-refractivity contribution < 1.29 is 4.79 Å². The first-order valence-corrected chi connectivity index (χ1v) is 6.68. The lowest BCUT2D eigenvalue weighted by Gasteiger charge is -2.12. The summed E-state index contributed by atoms with van der Waals surface area (Å²) in [6.07, 6.45) is 0. The Hall–Kier alpha value is -2.20. The van der Waals surface area contributed by atoms with Gasteiger partial charge in [-0.1, -0.05) is 36.5 Å².